The molecular weight excluding hydrogens is 395 g/mol. The summed E-state index contributed by atoms with van der Waals surface area (Å²) in [5.74, 6) is -0.723. The number of rotatable bonds is 5. The molecule has 28 heavy (non-hydrogen) atoms. The second-order valence-electron chi connectivity index (χ2n) is 6.69. The van der Waals surface area contributed by atoms with E-state index in [4.69, 9.17) is 16.3 Å². The first-order chi connectivity index (χ1) is 13.1. The van der Waals surface area contributed by atoms with Gasteiger partial charge in [0.1, 0.15) is 6.54 Å². The second-order valence-corrected chi connectivity index (χ2v) is 7.07. The zero-order valence-corrected chi connectivity index (χ0v) is 16.4. The molecule has 0 unspecified atom stereocenters. The van der Waals surface area contributed by atoms with Gasteiger partial charge in [0.15, 0.2) is 0 Å². The van der Waals surface area contributed by atoms with Gasteiger partial charge in [-0.1, -0.05) is 17.7 Å². The summed E-state index contributed by atoms with van der Waals surface area (Å²) < 4.78 is 45.8. The third kappa shape index (κ3) is 3.93. The molecule has 2 aromatic heterocycles. The van der Waals surface area contributed by atoms with Gasteiger partial charge in [0, 0.05) is 18.1 Å². The highest BCUT2D eigenvalue weighted by molar-refractivity contribution is 6.38. The molecule has 3 rings (SSSR count). The molecule has 150 valence electrons. The second kappa shape index (κ2) is 7.60. The van der Waals surface area contributed by atoms with Gasteiger partial charge in [-0.2, -0.15) is 13.2 Å². The fourth-order valence-corrected chi connectivity index (χ4v) is 3.53. The molecular formula is C19H19ClF3N3O2. The van der Waals surface area contributed by atoms with Crippen LogP contribution >= 0.6 is 11.6 Å². The standard InChI is InChI=1S/C19H19ClF3N3O2/c1-4-28-18(27)13-8-24-16-12-7-11(9-25(2)3)5-6-14(12)26(10-19(21,22)23)17(16)15(13)20/h5-8H,4,9-10H2,1-3H3. The normalized spacial score (nSPS) is 12.3. The molecule has 0 saturated heterocycles. The van der Waals surface area contributed by atoms with E-state index in [1.165, 1.54) is 6.20 Å². The largest absolute Gasteiger partial charge is 0.462 e. The number of ether oxygens (including phenoxy) is 1. The lowest BCUT2D eigenvalue weighted by Crippen LogP contribution is -2.18. The van der Waals surface area contributed by atoms with Gasteiger partial charge in [0.05, 0.1) is 33.7 Å². The third-order valence-electron chi connectivity index (χ3n) is 4.20. The first-order valence-corrected chi connectivity index (χ1v) is 8.98. The van der Waals surface area contributed by atoms with E-state index in [1.54, 1.807) is 25.1 Å². The number of hydrogen-bond acceptors (Lipinski definition) is 4. The van der Waals surface area contributed by atoms with E-state index < -0.39 is 18.7 Å². The topological polar surface area (TPSA) is 47.4 Å². The summed E-state index contributed by atoms with van der Waals surface area (Å²) in [4.78, 5) is 18.3. The molecule has 1 aromatic carbocycles. The Morgan fingerprint density at radius 2 is 2.04 bits per heavy atom. The number of carbonyl (C=O) groups excluding carboxylic acids is 1. The van der Waals surface area contributed by atoms with Crippen molar-refractivity contribution in [2.75, 3.05) is 20.7 Å². The maximum atomic E-state index is 13.3. The summed E-state index contributed by atoms with van der Waals surface area (Å²) in [6, 6.07) is 5.20. The molecule has 9 heteroatoms. The van der Waals surface area contributed by atoms with E-state index >= 15 is 0 Å². The molecule has 5 nitrogen and oxygen atoms in total. The minimum Gasteiger partial charge on any atom is -0.462 e. The summed E-state index contributed by atoms with van der Waals surface area (Å²) in [6.07, 6.45) is -3.22. The number of hydrogen-bond donors (Lipinski definition) is 0. The molecule has 3 aromatic rings. The van der Waals surface area contributed by atoms with Crippen molar-refractivity contribution in [2.45, 2.75) is 26.2 Å². The van der Waals surface area contributed by atoms with Crippen molar-refractivity contribution in [2.24, 2.45) is 0 Å². The lowest BCUT2D eigenvalue weighted by molar-refractivity contribution is -0.139. The number of alkyl halides is 3. The summed E-state index contributed by atoms with van der Waals surface area (Å²) in [5, 5.41) is 0.453. The minimum atomic E-state index is -4.47. The van der Waals surface area contributed by atoms with Crippen LogP contribution in [0.2, 0.25) is 5.02 Å². The highest BCUT2D eigenvalue weighted by Gasteiger charge is 2.31. The Kier molecular flexibility index (Phi) is 5.54. The molecule has 0 fully saturated rings. The average molecular weight is 414 g/mol. The molecule has 0 N–H and O–H groups in total. The number of halogens is 4. The van der Waals surface area contributed by atoms with E-state index in [0.717, 1.165) is 10.1 Å². The number of benzene rings is 1. The average Bonchev–Trinajstić information content (AvgIpc) is 2.87. The van der Waals surface area contributed by atoms with Crippen LogP contribution < -0.4 is 0 Å². The van der Waals surface area contributed by atoms with Crippen LogP contribution in [0.5, 0.6) is 0 Å². The first kappa shape index (κ1) is 20.4. The smallest absolute Gasteiger partial charge is 0.406 e. The summed E-state index contributed by atoms with van der Waals surface area (Å²) >= 11 is 6.36. The monoisotopic (exact) mass is 413 g/mol. The molecule has 0 bridgehead atoms. The van der Waals surface area contributed by atoms with Crippen LogP contribution in [0.4, 0.5) is 13.2 Å². The number of fused-ring (bicyclic) bond motifs is 3. The van der Waals surface area contributed by atoms with Crippen LogP contribution in [-0.2, 0) is 17.8 Å². The zero-order valence-electron chi connectivity index (χ0n) is 15.6. The van der Waals surface area contributed by atoms with E-state index in [2.05, 4.69) is 4.98 Å². The van der Waals surface area contributed by atoms with Crippen molar-refractivity contribution >= 4 is 39.5 Å². The Morgan fingerprint density at radius 3 is 2.64 bits per heavy atom. The number of pyridine rings is 1. The van der Waals surface area contributed by atoms with Crippen LogP contribution in [0.15, 0.2) is 24.4 Å². The predicted molar refractivity (Wildman–Crippen MR) is 102 cm³/mol. The molecule has 0 saturated carbocycles. The summed E-state index contributed by atoms with van der Waals surface area (Å²) in [6.45, 7) is 1.13. The highest BCUT2D eigenvalue weighted by Crippen LogP contribution is 2.36. The van der Waals surface area contributed by atoms with E-state index in [0.29, 0.717) is 23.0 Å². The third-order valence-corrected chi connectivity index (χ3v) is 4.58. The van der Waals surface area contributed by atoms with Crippen LogP contribution in [0.25, 0.3) is 21.9 Å². The predicted octanol–water partition coefficient (Wildman–Crippen LogP) is 4.64. The van der Waals surface area contributed by atoms with Crippen molar-refractivity contribution < 1.29 is 22.7 Å². The van der Waals surface area contributed by atoms with Crippen molar-refractivity contribution in [3.8, 4) is 0 Å². The maximum Gasteiger partial charge on any atom is 0.406 e. The summed E-state index contributed by atoms with van der Waals surface area (Å²) in [7, 11) is 3.80. The van der Waals surface area contributed by atoms with Gasteiger partial charge in [-0.05, 0) is 38.7 Å². The van der Waals surface area contributed by atoms with Crippen molar-refractivity contribution in [3.05, 3.63) is 40.5 Å². The van der Waals surface area contributed by atoms with E-state index in [-0.39, 0.29) is 22.7 Å². The van der Waals surface area contributed by atoms with Crippen LogP contribution in [0.3, 0.4) is 0 Å². The molecule has 0 aliphatic rings. The molecule has 0 spiro atoms. The van der Waals surface area contributed by atoms with Crippen molar-refractivity contribution in [1.29, 1.82) is 0 Å². The van der Waals surface area contributed by atoms with Gasteiger partial charge in [0.2, 0.25) is 0 Å². The Labute approximate surface area is 164 Å². The van der Waals surface area contributed by atoms with Gasteiger partial charge < -0.3 is 14.2 Å². The quantitative estimate of drug-likeness (QED) is 0.571. The van der Waals surface area contributed by atoms with Gasteiger partial charge in [-0.25, -0.2) is 4.79 Å². The summed E-state index contributed by atoms with van der Waals surface area (Å²) in [5.41, 5.74) is 1.61. The lowest BCUT2D eigenvalue weighted by atomic mass is 10.1. The van der Waals surface area contributed by atoms with Gasteiger partial charge in [-0.3, -0.25) is 4.98 Å². The van der Waals surface area contributed by atoms with Gasteiger partial charge >= 0.3 is 12.1 Å². The van der Waals surface area contributed by atoms with Crippen molar-refractivity contribution in [3.63, 3.8) is 0 Å². The Balaban J connectivity index is 2.32. The SMILES string of the molecule is CCOC(=O)c1cnc2c3cc(CN(C)C)ccc3n(CC(F)(F)F)c2c1Cl. The molecule has 0 atom stereocenters. The Morgan fingerprint density at radius 1 is 1.32 bits per heavy atom. The molecule has 0 aliphatic heterocycles. The molecule has 2 heterocycles. The van der Waals surface area contributed by atoms with Crippen LogP contribution in [0.1, 0.15) is 22.8 Å². The zero-order chi connectivity index (χ0) is 20.6. The van der Waals surface area contributed by atoms with E-state index in [9.17, 15) is 18.0 Å². The Bertz CT molecular complexity index is 1040. The Hall–Kier alpha value is -2.32. The van der Waals surface area contributed by atoms with Crippen LogP contribution in [-0.4, -0.2) is 47.3 Å². The van der Waals surface area contributed by atoms with Gasteiger partial charge in [0.25, 0.3) is 0 Å². The number of nitrogens with zero attached hydrogens (tertiary/aromatic N) is 3. The number of esters is 1. The highest BCUT2D eigenvalue weighted by atomic mass is 35.5. The molecule has 0 aliphatic carbocycles. The lowest BCUT2D eigenvalue weighted by Gasteiger charge is -2.13. The van der Waals surface area contributed by atoms with Crippen LogP contribution in [0, 0.1) is 0 Å². The first-order valence-electron chi connectivity index (χ1n) is 8.60. The fraction of sp³-hybridized carbons (Fsp3) is 0.368. The fourth-order valence-electron chi connectivity index (χ4n) is 3.21. The van der Waals surface area contributed by atoms with Gasteiger partial charge in [-0.15, -0.1) is 0 Å². The number of carbonyl (C=O) groups is 1. The van der Waals surface area contributed by atoms with E-state index in [1.807, 2.05) is 19.0 Å². The molecule has 0 amide bonds. The minimum absolute atomic E-state index is 0.0595. The number of aromatic nitrogens is 2. The maximum absolute atomic E-state index is 13.3. The molecule has 0 radical (unpaired) electrons. The van der Waals surface area contributed by atoms with Crippen molar-refractivity contribution in [1.82, 2.24) is 14.5 Å².